The van der Waals surface area contributed by atoms with Crippen LogP contribution < -0.4 is 22.9 Å². The molecule has 2 aromatic carbocycles. The van der Waals surface area contributed by atoms with Crippen molar-refractivity contribution in [2.75, 3.05) is 24.6 Å². The van der Waals surface area contributed by atoms with Gasteiger partial charge in [-0.3, -0.25) is 14.6 Å². The third kappa shape index (κ3) is 42.1. The number of thioether (sulfide) groups is 4. The average Bonchev–Trinajstić information content (AvgIpc) is 3.95. The summed E-state index contributed by atoms with van der Waals surface area (Å²) in [5, 5.41) is 12.2. The van der Waals surface area contributed by atoms with Crippen LogP contribution in [0, 0.1) is 12.3 Å². The lowest BCUT2D eigenvalue weighted by molar-refractivity contribution is -0.141. The predicted octanol–water partition coefficient (Wildman–Crippen LogP) is 15.6. The lowest BCUT2D eigenvalue weighted by atomic mass is 9.97. The first-order valence-electron chi connectivity index (χ1n) is 29.4. The molecule has 3 aromatic rings. The van der Waals surface area contributed by atoms with Gasteiger partial charge < -0.3 is 32.4 Å². The fourth-order valence-electron chi connectivity index (χ4n) is 8.44. The van der Waals surface area contributed by atoms with Crippen LogP contribution in [0.4, 0.5) is 0 Å². The van der Waals surface area contributed by atoms with E-state index in [9.17, 15) is 9.59 Å². The van der Waals surface area contributed by atoms with Crippen LogP contribution in [0.3, 0.4) is 0 Å². The Bertz CT molecular complexity index is 2370. The van der Waals surface area contributed by atoms with Crippen molar-refractivity contribution in [3.63, 3.8) is 0 Å². The van der Waals surface area contributed by atoms with E-state index in [1.54, 1.807) is 47.0 Å². The molecule has 2 atom stereocenters. The highest BCUT2D eigenvalue weighted by Crippen LogP contribution is 2.42. The molecule has 1 heterocycles. The largest absolute Gasteiger partial charge is 0.462 e. The van der Waals surface area contributed by atoms with Crippen molar-refractivity contribution in [2.24, 2.45) is 38.0 Å². The predicted molar refractivity (Wildman–Crippen MR) is 365 cm³/mol. The fraction of sp³-hybridized carbons (Fsp3) is 0.639. The zero-order valence-electron chi connectivity index (χ0n) is 50.6. The molecule has 1 aromatic heterocycles. The quantitative estimate of drug-likeness (QED) is 0.00473. The second-order valence-electron chi connectivity index (χ2n) is 21.4. The first-order valence-corrected chi connectivity index (χ1v) is 34.0. The lowest BCUT2D eigenvalue weighted by Gasteiger charge is -2.28. The van der Waals surface area contributed by atoms with Crippen LogP contribution in [0.15, 0.2) is 69.8 Å². The number of nitrogens with two attached hydrogens (primary N) is 4. The monoisotopic (exact) mass is 1250 g/mol. The number of hydrogen-bond donors (Lipinski definition) is 4. The number of terminal acetylenes is 1. The molecule has 16 nitrogen and oxygen atoms in total. The number of carbonyl (C=O) groups is 2. The van der Waals surface area contributed by atoms with Crippen LogP contribution >= 0.6 is 71.5 Å². The van der Waals surface area contributed by atoms with Gasteiger partial charge in [0, 0.05) is 47.4 Å². The number of carbonyl (C=O) groups excluding carboxylic acids is 2. The van der Waals surface area contributed by atoms with E-state index in [1.165, 1.54) is 128 Å². The molecule has 0 bridgehead atoms. The van der Waals surface area contributed by atoms with Gasteiger partial charge in [0.2, 0.25) is 0 Å². The smallest absolute Gasteiger partial charge is 0.293 e. The molecule has 8 N–H and O–H groups in total. The molecule has 0 saturated carbocycles. The van der Waals surface area contributed by atoms with Crippen LogP contribution in [0.1, 0.15) is 221 Å². The minimum atomic E-state index is -0.593. The Hall–Kier alpha value is -4.49. The third-order valence-corrected chi connectivity index (χ3v) is 18.8. The molecule has 462 valence electrons. The Morgan fingerprint density at radius 3 is 1.46 bits per heavy atom. The van der Waals surface area contributed by atoms with Gasteiger partial charge in [-0.1, -0.05) is 242 Å². The molecule has 0 radical (unpaired) electrons. The molecule has 2 unspecified atom stereocenters. The number of rotatable bonds is 42. The molecule has 0 aliphatic carbocycles. The normalized spacial score (nSPS) is 11.7. The number of nitrogens with zero attached hydrogens (tertiary/aromatic N) is 8. The number of thiocarbonyl (C=S) groups is 2. The molecule has 0 aliphatic heterocycles. The number of azide groups is 1. The van der Waals surface area contributed by atoms with Gasteiger partial charge in [-0.15, -0.1) is 35.0 Å². The number of aliphatic imine (C=N–C) groups is 2. The SMILES string of the molecule is C#CCN=C(N)N.CCCCCCCCCCCCSC(=S)SC(CC(C)(C)OC=O)c1ccc(CN=[N+]=[N-])cc1.CCCCCCCCCCCCSC(=S)SC(CC(C)(C)OC=O)c1ccc(Cn2cc(CCN=C(N)N)nn2)cc1. The summed E-state index contributed by atoms with van der Waals surface area (Å²) in [5.74, 6) is 4.47. The maximum Gasteiger partial charge on any atom is 0.293 e. The van der Waals surface area contributed by atoms with Gasteiger partial charge in [-0.2, -0.15) is 0 Å². The van der Waals surface area contributed by atoms with E-state index in [4.69, 9.17) is 68.8 Å². The number of hydrogen-bond acceptors (Lipinski definition) is 15. The second-order valence-corrected chi connectivity index (χ2v) is 28.4. The van der Waals surface area contributed by atoms with Crippen molar-refractivity contribution in [1.29, 1.82) is 0 Å². The van der Waals surface area contributed by atoms with Crippen molar-refractivity contribution >= 4 is 103 Å². The zero-order valence-corrected chi connectivity index (χ0v) is 55.5. The Balaban J connectivity index is 0.000000756. The number of benzene rings is 2. The first-order chi connectivity index (χ1) is 39.9. The van der Waals surface area contributed by atoms with E-state index >= 15 is 0 Å². The Morgan fingerprint density at radius 1 is 0.675 bits per heavy atom. The van der Waals surface area contributed by atoms with Crippen LogP contribution in [0.25, 0.3) is 10.4 Å². The second kappa shape index (κ2) is 48.7. The summed E-state index contributed by atoms with van der Waals surface area (Å²) in [6.45, 7) is 15.0. The maximum atomic E-state index is 11.1. The molecule has 0 spiro atoms. The topological polar surface area (TPSA) is 261 Å². The molecular formula is C61H98N12O4S6. The molecule has 0 saturated heterocycles. The zero-order chi connectivity index (χ0) is 61.4. The summed E-state index contributed by atoms with van der Waals surface area (Å²) in [4.78, 5) is 32.3. The molecule has 83 heavy (non-hydrogen) atoms. The molecule has 0 fully saturated rings. The van der Waals surface area contributed by atoms with Crippen LogP contribution in [0.2, 0.25) is 0 Å². The summed E-state index contributed by atoms with van der Waals surface area (Å²) in [6.07, 6.45) is 35.3. The van der Waals surface area contributed by atoms with Gasteiger partial charge in [0.1, 0.15) is 24.8 Å². The Morgan fingerprint density at radius 2 is 1.08 bits per heavy atom. The Labute approximate surface area is 526 Å². The van der Waals surface area contributed by atoms with Crippen molar-refractivity contribution in [2.45, 2.75) is 224 Å². The summed E-state index contributed by atoms with van der Waals surface area (Å²) < 4.78 is 14.4. The van der Waals surface area contributed by atoms with Gasteiger partial charge in [0.25, 0.3) is 12.9 Å². The van der Waals surface area contributed by atoms with Crippen molar-refractivity contribution in [3.05, 3.63) is 93.1 Å². The summed E-state index contributed by atoms with van der Waals surface area (Å²) in [7, 11) is 0. The summed E-state index contributed by atoms with van der Waals surface area (Å²) >= 11 is 18.4. The summed E-state index contributed by atoms with van der Waals surface area (Å²) in [6, 6.07) is 16.5. The van der Waals surface area contributed by atoms with Gasteiger partial charge >= 0.3 is 0 Å². The van der Waals surface area contributed by atoms with Crippen molar-refractivity contribution in [3.8, 4) is 12.3 Å². The van der Waals surface area contributed by atoms with Crippen LogP contribution in [-0.2, 0) is 38.6 Å². The standard InChI is InChI=1S/C31H50N6O2S3.C26H41N3O2S3.C4H7N3/c1-4-5-6-7-8-9-10-11-12-13-20-41-30(40)42-28(21-31(2,3)39-24-38)26-16-14-25(15-17-26)22-37-23-27(35-36-37)18-19-34-29(32)33;1-4-5-6-7-8-9-10-11-12-13-18-33-25(32)34-24(19-26(2,3)31-21-30)23-16-14-22(15-17-23)20-28-29-27;1-2-3-7-4(5)6/h14-17,23-24,28H,4-13,18-22H2,1-3H3,(H4,32,33,34);14-17,21,24H,4-13,18-20H2,1-3H3;1H,3H2,(H4,5,6,7). The third-order valence-electron chi connectivity index (χ3n) is 13.0. The highest BCUT2D eigenvalue weighted by molar-refractivity contribution is 8.47. The Kier molecular flexibility index (Phi) is 44.9. The number of unbranched alkanes of at least 4 members (excludes halogenated alkanes) is 18. The number of aromatic nitrogens is 3. The molecular weight excluding hydrogens is 1160 g/mol. The first kappa shape index (κ1) is 76.5. The van der Waals surface area contributed by atoms with E-state index in [0.29, 0.717) is 51.8 Å². The average molecular weight is 1260 g/mol. The lowest BCUT2D eigenvalue weighted by Crippen LogP contribution is -2.26. The van der Waals surface area contributed by atoms with Gasteiger partial charge in [-0.05, 0) is 79.8 Å². The summed E-state index contributed by atoms with van der Waals surface area (Å²) in [5.41, 5.74) is 33.1. The van der Waals surface area contributed by atoms with E-state index < -0.39 is 11.2 Å². The minimum Gasteiger partial charge on any atom is -0.462 e. The van der Waals surface area contributed by atoms with Gasteiger partial charge in [0.15, 0.2) is 11.9 Å². The number of ether oxygens (including phenoxy) is 2. The molecule has 0 aliphatic rings. The molecule has 3 rings (SSSR count). The van der Waals surface area contributed by atoms with Gasteiger partial charge in [-0.25, -0.2) is 9.67 Å². The van der Waals surface area contributed by atoms with Gasteiger partial charge in [0.05, 0.1) is 18.8 Å². The highest BCUT2D eigenvalue weighted by Gasteiger charge is 2.29. The van der Waals surface area contributed by atoms with Crippen LogP contribution in [0.5, 0.6) is 0 Å². The van der Waals surface area contributed by atoms with E-state index in [0.717, 1.165) is 46.5 Å². The fourth-order valence-corrected chi connectivity index (χ4v) is 14.4. The van der Waals surface area contributed by atoms with Crippen molar-refractivity contribution in [1.82, 2.24) is 15.0 Å². The van der Waals surface area contributed by atoms with E-state index in [1.807, 2.05) is 62.8 Å². The van der Waals surface area contributed by atoms with Crippen LogP contribution in [-0.4, -0.2) is 82.7 Å². The molecule has 22 heteroatoms. The minimum absolute atomic E-state index is 0.0398. The number of guanidine groups is 2. The van der Waals surface area contributed by atoms with Crippen molar-refractivity contribution < 1.29 is 19.1 Å². The van der Waals surface area contributed by atoms with E-state index in [2.05, 4.69) is 74.4 Å². The van der Waals surface area contributed by atoms with E-state index in [-0.39, 0.29) is 29.0 Å². The highest BCUT2D eigenvalue weighted by atomic mass is 32.2. The molecule has 0 amide bonds. The maximum absolute atomic E-state index is 11.1.